The predicted octanol–water partition coefficient (Wildman–Crippen LogP) is 5.76. The molecule has 0 spiro atoms. The molecule has 0 radical (unpaired) electrons. The zero-order valence-corrected chi connectivity index (χ0v) is 16.5. The van der Waals surface area contributed by atoms with Gasteiger partial charge in [-0.15, -0.1) is 0 Å². The van der Waals surface area contributed by atoms with Crippen LogP contribution in [-0.4, -0.2) is 22.7 Å². The van der Waals surface area contributed by atoms with Gasteiger partial charge in [-0.2, -0.15) is 13.2 Å². The number of aryl methyl sites for hydroxylation is 1. The van der Waals surface area contributed by atoms with Crippen molar-refractivity contribution in [3.05, 3.63) is 82.5 Å². The van der Waals surface area contributed by atoms with Crippen LogP contribution in [-0.2, 0) is 12.6 Å². The van der Waals surface area contributed by atoms with Crippen LogP contribution in [0.5, 0.6) is 5.75 Å². The number of pyridine rings is 1. The predicted molar refractivity (Wildman–Crippen MR) is 107 cm³/mol. The Morgan fingerprint density at radius 1 is 1.13 bits per heavy atom. The molecule has 7 heteroatoms. The topological polar surface area (TPSA) is 59.4 Å². The number of halogens is 3. The molecule has 2 aromatic carbocycles. The quantitative estimate of drug-likeness (QED) is 0.556. The van der Waals surface area contributed by atoms with Gasteiger partial charge in [0.1, 0.15) is 5.75 Å². The number of aromatic nitrogens is 1. The standard InChI is InChI=1S/C23H20F3NO3/c1-3-30-19-6-4-5-17(11-19)21-14(2)9-15(13-27-21)10-16-7-8-18(23(24,25)26)12-20(16)22(28)29/h4-9,11-13H,3,10H2,1-2H3,(H,28,29). The highest BCUT2D eigenvalue weighted by molar-refractivity contribution is 5.89. The lowest BCUT2D eigenvalue weighted by atomic mass is 9.96. The lowest BCUT2D eigenvalue weighted by Gasteiger charge is -2.13. The molecule has 0 atom stereocenters. The number of hydrogen-bond acceptors (Lipinski definition) is 3. The van der Waals surface area contributed by atoms with Gasteiger partial charge >= 0.3 is 12.1 Å². The first-order valence-electron chi connectivity index (χ1n) is 9.31. The summed E-state index contributed by atoms with van der Waals surface area (Å²) in [6.07, 6.45) is -2.83. The number of aromatic carboxylic acids is 1. The zero-order valence-electron chi connectivity index (χ0n) is 16.5. The SMILES string of the molecule is CCOc1cccc(-c2ncc(Cc3ccc(C(F)(F)F)cc3C(=O)O)cc2C)c1. The molecule has 1 N–H and O–H groups in total. The van der Waals surface area contributed by atoms with Crippen molar-refractivity contribution in [3.8, 4) is 17.0 Å². The Morgan fingerprint density at radius 3 is 2.53 bits per heavy atom. The van der Waals surface area contributed by atoms with Crippen molar-refractivity contribution >= 4 is 5.97 Å². The Bertz CT molecular complexity index is 1080. The highest BCUT2D eigenvalue weighted by Gasteiger charge is 2.31. The highest BCUT2D eigenvalue weighted by Crippen LogP contribution is 2.31. The van der Waals surface area contributed by atoms with Gasteiger partial charge in [-0.1, -0.05) is 24.3 Å². The Balaban J connectivity index is 1.91. The fourth-order valence-corrected chi connectivity index (χ4v) is 3.26. The van der Waals surface area contributed by atoms with E-state index >= 15 is 0 Å². The van der Waals surface area contributed by atoms with E-state index in [-0.39, 0.29) is 12.0 Å². The number of nitrogens with zero attached hydrogens (tertiary/aromatic N) is 1. The number of hydrogen-bond donors (Lipinski definition) is 1. The third kappa shape index (κ3) is 4.79. The van der Waals surface area contributed by atoms with E-state index in [9.17, 15) is 23.1 Å². The average Bonchev–Trinajstić information content (AvgIpc) is 2.68. The maximum atomic E-state index is 12.9. The summed E-state index contributed by atoms with van der Waals surface area (Å²) in [5, 5.41) is 9.36. The Morgan fingerprint density at radius 2 is 1.90 bits per heavy atom. The van der Waals surface area contributed by atoms with Gasteiger partial charge < -0.3 is 9.84 Å². The van der Waals surface area contributed by atoms with Crippen molar-refractivity contribution in [2.24, 2.45) is 0 Å². The Labute approximate surface area is 172 Å². The van der Waals surface area contributed by atoms with Gasteiger partial charge in [0.2, 0.25) is 0 Å². The first kappa shape index (κ1) is 21.4. The minimum Gasteiger partial charge on any atom is -0.494 e. The van der Waals surface area contributed by atoms with Gasteiger partial charge in [-0.3, -0.25) is 4.98 Å². The molecule has 0 saturated heterocycles. The lowest BCUT2D eigenvalue weighted by Crippen LogP contribution is -2.10. The van der Waals surface area contributed by atoms with Crippen LogP contribution < -0.4 is 4.74 Å². The van der Waals surface area contributed by atoms with Crippen LogP contribution in [0.4, 0.5) is 13.2 Å². The van der Waals surface area contributed by atoms with Crippen molar-refractivity contribution in [3.63, 3.8) is 0 Å². The number of benzene rings is 2. The van der Waals surface area contributed by atoms with E-state index in [2.05, 4.69) is 4.98 Å². The van der Waals surface area contributed by atoms with Gasteiger partial charge in [0.05, 0.1) is 23.4 Å². The molecule has 0 aliphatic rings. The first-order valence-corrected chi connectivity index (χ1v) is 9.31. The van der Waals surface area contributed by atoms with Crippen LogP contribution in [0.1, 0.15) is 39.5 Å². The van der Waals surface area contributed by atoms with E-state index in [1.807, 2.05) is 44.2 Å². The molecule has 3 rings (SSSR count). The minimum atomic E-state index is -4.60. The van der Waals surface area contributed by atoms with Gasteiger partial charge in [0.25, 0.3) is 0 Å². The summed E-state index contributed by atoms with van der Waals surface area (Å²) in [4.78, 5) is 16.0. The molecular weight excluding hydrogens is 395 g/mol. The van der Waals surface area contributed by atoms with Crippen LogP contribution in [0.3, 0.4) is 0 Å². The highest BCUT2D eigenvalue weighted by atomic mass is 19.4. The Kier molecular flexibility index (Phi) is 6.10. The molecule has 30 heavy (non-hydrogen) atoms. The smallest absolute Gasteiger partial charge is 0.416 e. The van der Waals surface area contributed by atoms with Crippen LogP contribution >= 0.6 is 0 Å². The molecular formula is C23H20F3NO3. The summed E-state index contributed by atoms with van der Waals surface area (Å²) in [6.45, 7) is 4.33. The second-order valence-corrected chi connectivity index (χ2v) is 6.82. The third-order valence-electron chi connectivity index (χ3n) is 4.62. The second kappa shape index (κ2) is 8.57. The summed E-state index contributed by atoms with van der Waals surface area (Å²) in [5.74, 6) is -0.665. The van der Waals surface area contributed by atoms with Gasteiger partial charge in [-0.05, 0) is 61.2 Å². The summed E-state index contributed by atoms with van der Waals surface area (Å²) in [7, 11) is 0. The zero-order chi connectivity index (χ0) is 21.9. The molecule has 0 fully saturated rings. The van der Waals surface area contributed by atoms with Crippen molar-refractivity contribution in [1.82, 2.24) is 4.98 Å². The molecule has 3 aromatic rings. The molecule has 0 saturated carbocycles. The third-order valence-corrected chi connectivity index (χ3v) is 4.62. The van der Waals surface area contributed by atoms with Crippen LogP contribution in [0.2, 0.25) is 0 Å². The number of ether oxygens (including phenoxy) is 1. The Hall–Kier alpha value is -3.35. The van der Waals surface area contributed by atoms with E-state index in [4.69, 9.17) is 4.74 Å². The van der Waals surface area contributed by atoms with Crippen LogP contribution in [0.15, 0.2) is 54.7 Å². The van der Waals surface area contributed by atoms with Crippen molar-refractivity contribution < 1.29 is 27.8 Å². The van der Waals surface area contributed by atoms with Crippen molar-refractivity contribution in [2.75, 3.05) is 6.61 Å². The molecule has 0 unspecified atom stereocenters. The fourth-order valence-electron chi connectivity index (χ4n) is 3.26. The number of carbonyl (C=O) groups is 1. The second-order valence-electron chi connectivity index (χ2n) is 6.82. The largest absolute Gasteiger partial charge is 0.494 e. The van der Waals surface area contributed by atoms with E-state index in [0.29, 0.717) is 23.8 Å². The molecule has 0 amide bonds. The van der Waals surface area contributed by atoms with Crippen LogP contribution in [0, 0.1) is 6.92 Å². The summed E-state index contributed by atoms with van der Waals surface area (Å²) < 4.78 is 44.3. The molecule has 1 aromatic heterocycles. The summed E-state index contributed by atoms with van der Waals surface area (Å²) in [6, 6.07) is 12.2. The van der Waals surface area contributed by atoms with Gasteiger partial charge in [0.15, 0.2) is 0 Å². The van der Waals surface area contributed by atoms with E-state index in [1.54, 1.807) is 6.20 Å². The number of carboxylic acid groups (broad SMARTS) is 1. The molecule has 0 bridgehead atoms. The normalized spacial score (nSPS) is 11.4. The molecule has 0 aliphatic heterocycles. The van der Waals surface area contributed by atoms with Crippen molar-refractivity contribution in [2.45, 2.75) is 26.4 Å². The van der Waals surface area contributed by atoms with Crippen molar-refractivity contribution in [1.29, 1.82) is 0 Å². The number of rotatable bonds is 6. The first-order chi connectivity index (χ1) is 14.2. The fraction of sp³-hybridized carbons (Fsp3) is 0.217. The maximum Gasteiger partial charge on any atom is 0.416 e. The number of alkyl halides is 3. The lowest BCUT2D eigenvalue weighted by molar-refractivity contribution is -0.137. The van der Waals surface area contributed by atoms with E-state index < -0.39 is 17.7 Å². The van der Waals surface area contributed by atoms with E-state index in [0.717, 1.165) is 28.6 Å². The maximum absolute atomic E-state index is 12.9. The summed E-state index contributed by atoms with van der Waals surface area (Å²) in [5.41, 5.74) is 2.16. The molecule has 1 heterocycles. The monoisotopic (exact) mass is 415 g/mol. The average molecular weight is 415 g/mol. The molecule has 0 aliphatic carbocycles. The van der Waals surface area contributed by atoms with Crippen LogP contribution in [0.25, 0.3) is 11.3 Å². The van der Waals surface area contributed by atoms with Gasteiger partial charge in [-0.25, -0.2) is 4.79 Å². The van der Waals surface area contributed by atoms with Gasteiger partial charge in [0, 0.05) is 11.8 Å². The minimum absolute atomic E-state index is 0.160. The molecule has 4 nitrogen and oxygen atoms in total. The number of carboxylic acids is 1. The van der Waals surface area contributed by atoms with E-state index in [1.165, 1.54) is 6.07 Å². The molecule has 156 valence electrons. The summed E-state index contributed by atoms with van der Waals surface area (Å²) >= 11 is 0.